The Kier molecular flexibility index (Phi) is 4.57. The normalized spacial score (nSPS) is 29.9. The zero-order valence-corrected chi connectivity index (χ0v) is 18.1. The number of amides is 1. The van der Waals surface area contributed by atoms with E-state index in [9.17, 15) is 9.59 Å². The molecule has 1 aliphatic carbocycles. The van der Waals surface area contributed by atoms with Crippen molar-refractivity contribution in [3.8, 4) is 0 Å². The summed E-state index contributed by atoms with van der Waals surface area (Å²) in [6, 6.07) is 7.54. The second kappa shape index (κ2) is 6.15. The van der Waals surface area contributed by atoms with E-state index >= 15 is 0 Å². The number of hydrogen-bond donors (Lipinski definition) is 1. The fourth-order valence-corrected chi connectivity index (χ4v) is 5.34. The van der Waals surface area contributed by atoms with Gasteiger partial charge in [-0.1, -0.05) is 39.0 Å². The fourth-order valence-electron chi connectivity index (χ4n) is 3.89. The molecule has 1 fully saturated rings. The van der Waals surface area contributed by atoms with E-state index in [1.165, 1.54) is 6.92 Å². The molecule has 3 atom stereocenters. The molecule has 0 aromatic heterocycles. The second-order valence-electron chi connectivity index (χ2n) is 9.01. The van der Waals surface area contributed by atoms with Gasteiger partial charge >= 0.3 is 5.97 Å². The van der Waals surface area contributed by atoms with Crippen molar-refractivity contribution in [1.82, 2.24) is 0 Å². The minimum Gasteiger partial charge on any atom is -0.448 e. The van der Waals surface area contributed by atoms with Crippen molar-refractivity contribution in [2.24, 2.45) is 0 Å². The average Bonchev–Trinajstić information content (AvgIpc) is 2.52. The minimum atomic E-state index is -2.22. The Morgan fingerprint density at radius 3 is 2.44 bits per heavy atom. The van der Waals surface area contributed by atoms with Crippen LogP contribution in [0.25, 0.3) is 0 Å². The van der Waals surface area contributed by atoms with Gasteiger partial charge in [-0.3, -0.25) is 9.59 Å². The van der Waals surface area contributed by atoms with Gasteiger partial charge in [-0.2, -0.15) is 0 Å². The zero-order chi connectivity index (χ0) is 20.3. The van der Waals surface area contributed by atoms with Gasteiger partial charge in [0.05, 0.1) is 12.3 Å². The van der Waals surface area contributed by atoms with Crippen molar-refractivity contribution < 1.29 is 23.5 Å². The van der Waals surface area contributed by atoms with Gasteiger partial charge < -0.3 is 19.2 Å². The van der Waals surface area contributed by atoms with Crippen LogP contribution in [0.5, 0.6) is 0 Å². The van der Waals surface area contributed by atoms with Crippen molar-refractivity contribution in [3.05, 3.63) is 29.8 Å². The van der Waals surface area contributed by atoms with Crippen molar-refractivity contribution in [2.75, 3.05) is 12.4 Å². The number of hydrogen-bond acceptors (Lipinski definition) is 5. The maximum absolute atomic E-state index is 13.0. The lowest BCUT2D eigenvalue weighted by molar-refractivity contribution is -0.304. The number of esters is 1. The molecule has 7 heteroatoms. The number of methoxy groups -OCH3 is 1. The van der Waals surface area contributed by atoms with Gasteiger partial charge in [-0.15, -0.1) is 0 Å². The molecule has 6 nitrogen and oxygen atoms in total. The van der Waals surface area contributed by atoms with Gasteiger partial charge in [0.25, 0.3) is 5.91 Å². The van der Waals surface area contributed by atoms with Crippen LogP contribution in [0.4, 0.5) is 5.69 Å². The molecule has 1 amide bonds. The number of benzene rings is 1. The van der Waals surface area contributed by atoms with Crippen molar-refractivity contribution >= 4 is 25.9 Å². The summed E-state index contributed by atoms with van der Waals surface area (Å²) in [6.45, 7) is 12.1. The van der Waals surface area contributed by atoms with Crippen LogP contribution in [0.15, 0.2) is 24.3 Å². The lowest BCUT2D eigenvalue weighted by atomic mass is 9.58. The van der Waals surface area contributed by atoms with Gasteiger partial charge in [0.1, 0.15) is 0 Å². The highest BCUT2D eigenvalue weighted by molar-refractivity contribution is 6.74. The highest BCUT2D eigenvalue weighted by atomic mass is 28.4. The third-order valence-corrected chi connectivity index (χ3v) is 10.7. The quantitative estimate of drug-likeness (QED) is 0.480. The Labute approximate surface area is 161 Å². The molecule has 1 saturated carbocycles. The Bertz CT molecular complexity index is 787. The van der Waals surface area contributed by atoms with E-state index in [0.717, 1.165) is 5.56 Å². The van der Waals surface area contributed by atoms with E-state index in [0.29, 0.717) is 5.69 Å². The topological polar surface area (TPSA) is 73.9 Å². The number of carbonyl (C=O) groups is 2. The number of fused-ring (bicyclic) bond motifs is 3. The van der Waals surface area contributed by atoms with Crippen LogP contribution >= 0.6 is 0 Å². The number of rotatable bonds is 4. The van der Waals surface area contributed by atoms with Crippen LogP contribution in [0, 0.1) is 0 Å². The minimum absolute atomic E-state index is 0.0331. The molecule has 1 aliphatic heterocycles. The first kappa shape index (κ1) is 20.0. The van der Waals surface area contributed by atoms with Crippen molar-refractivity contribution in [1.29, 1.82) is 0 Å². The van der Waals surface area contributed by atoms with Gasteiger partial charge in [0.2, 0.25) is 5.60 Å². The molecule has 1 aromatic rings. The molecule has 0 saturated heterocycles. The Hall–Kier alpha value is -1.70. The fraction of sp³-hybridized carbons (Fsp3) is 0.600. The Morgan fingerprint density at radius 2 is 1.89 bits per heavy atom. The first-order chi connectivity index (χ1) is 12.4. The number of carbonyl (C=O) groups excluding carboxylic acids is 2. The SMILES string of the molecule is COC1(O[Si](C)(C)C(C)(C)C)C[C@@]2(OC(C)=O)C(=O)Nc3ccccc3C12. The van der Waals surface area contributed by atoms with E-state index in [4.69, 9.17) is 13.9 Å². The molecule has 3 rings (SSSR count). The van der Waals surface area contributed by atoms with Crippen LogP contribution in [0.3, 0.4) is 0 Å². The largest absolute Gasteiger partial charge is 0.448 e. The third-order valence-electron chi connectivity index (χ3n) is 6.22. The van der Waals surface area contributed by atoms with Gasteiger partial charge in [0, 0.05) is 19.7 Å². The summed E-state index contributed by atoms with van der Waals surface area (Å²) in [5, 5.41) is 2.84. The monoisotopic (exact) mass is 391 g/mol. The number of nitrogens with one attached hydrogen (secondary N) is 1. The summed E-state index contributed by atoms with van der Waals surface area (Å²) in [7, 11) is -0.624. The van der Waals surface area contributed by atoms with Gasteiger partial charge in [-0.05, 0) is 29.8 Å². The Balaban J connectivity index is 2.12. The molecule has 1 heterocycles. The maximum atomic E-state index is 13.0. The molecular formula is C20H29NO5Si. The third kappa shape index (κ3) is 2.92. The number of anilines is 1. The first-order valence-electron chi connectivity index (χ1n) is 9.24. The standard InChI is InChI=1S/C20H29NO5Si/c1-13(22)25-19-12-20(24-5,26-27(6,7)18(2,3)4)16(19)14-10-8-9-11-15(14)21-17(19)23/h8-11,16H,12H2,1-7H3,(H,21,23)/t16?,19-,20?/m0/s1. The molecule has 2 unspecified atom stereocenters. The van der Waals surface area contributed by atoms with Crippen LogP contribution < -0.4 is 5.32 Å². The smallest absolute Gasteiger partial charge is 0.303 e. The van der Waals surface area contributed by atoms with Crippen LogP contribution in [-0.4, -0.2) is 38.7 Å². The van der Waals surface area contributed by atoms with E-state index in [1.54, 1.807) is 7.11 Å². The zero-order valence-electron chi connectivity index (χ0n) is 17.1. The lowest BCUT2D eigenvalue weighted by Crippen LogP contribution is -2.75. The summed E-state index contributed by atoms with van der Waals surface area (Å²) in [6.07, 6.45) is 0.174. The predicted octanol–water partition coefficient (Wildman–Crippen LogP) is 3.79. The lowest BCUT2D eigenvalue weighted by Gasteiger charge is -2.62. The summed E-state index contributed by atoms with van der Waals surface area (Å²) < 4.78 is 18.2. The molecule has 148 valence electrons. The van der Waals surface area contributed by atoms with E-state index in [-0.39, 0.29) is 17.4 Å². The maximum Gasteiger partial charge on any atom is 0.303 e. The molecule has 27 heavy (non-hydrogen) atoms. The summed E-state index contributed by atoms with van der Waals surface area (Å²) in [4.78, 5) is 24.8. The molecule has 1 aromatic carbocycles. The van der Waals surface area contributed by atoms with Crippen LogP contribution in [0.1, 0.15) is 45.6 Å². The molecular weight excluding hydrogens is 362 g/mol. The molecule has 1 N–H and O–H groups in total. The summed E-state index contributed by atoms with van der Waals surface area (Å²) in [5.41, 5.74) is 0.263. The summed E-state index contributed by atoms with van der Waals surface area (Å²) >= 11 is 0. The van der Waals surface area contributed by atoms with E-state index in [2.05, 4.69) is 39.2 Å². The van der Waals surface area contributed by atoms with E-state index in [1.807, 2.05) is 24.3 Å². The highest BCUT2D eigenvalue weighted by Crippen LogP contribution is 2.63. The van der Waals surface area contributed by atoms with Crippen LogP contribution in [-0.2, 0) is 23.5 Å². The Morgan fingerprint density at radius 1 is 1.26 bits per heavy atom. The van der Waals surface area contributed by atoms with Crippen molar-refractivity contribution in [3.63, 3.8) is 0 Å². The molecule has 2 aliphatic rings. The molecule has 0 radical (unpaired) electrons. The highest BCUT2D eigenvalue weighted by Gasteiger charge is 2.75. The predicted molar refractivity (Wildman–Crippen MR) is 105 cm³/mol. The number of para-hydroxylation sites is 1. The first-order valence-corrected chi connectivity index (χ1v) is 12.1. The average molecular weight is 392 g/mol. The van der Waals surface area contributed by atoms with Crippen molar-refractivity contribution in [2.45, 2.75) is 69.6 Å². The van der Waals surface area contributed by atoms with Gasteiger partial charge in [-0.25, -0.2) is 0 Å². The van der Waals surface area contributed by atoms with Crippen LogP contribution in [0.2, 0.25) is 18.1 Å². The number of ether oxygens (including phenoxy) is 2. The molecule has 0 spiro atoms. The summed E-state index contributed by atoms with van der Waals surface area (Å²) in [5.74, 6) is -2.34. The van der Waals surface area contributed by atoms with E-state index < -0.39 is 31.6 Å². The molecule has 0 bridgehead atoms. The van der Waals surface area contributed by atoms with Gasteiger partial charge in [0.15, 0.2) is 14.1 Å². The second-order valence-corrected chi connectivity index (χ2v) is 13.7.